The van der Waals surface area contributed by atoms with Crippen molar-refractivity contribution < 1.29 is 9.53 Å². The van der Waals surface area contributed by atoms with Gasteiger partial charge in [0.25, 0.3) is 0 Å². The summed E-state index contributed by atoms with van der Waals surface area (Å²) >= 11 is 1.59. The van der Waals surface area contributed by atoms with Gasteiger partial charge in [0, 0.05) is 16.4 Å². The van der Waals surface area contributed by atoms with Crippen molar-refractivity contribution in [3.8, 4) is 17.0 Å². The zero-order valence-corrected chi connectivity index (χ0v) is 17.3. The van der Waals surface area contributed by atoms with Gasteiger partial charge >= 0.3 is 0 Å². The third-order valence-electron chi connectivity index (χ3n) is 5.72. The molecule has 1 aliphatic heterocycles. The van der Waals surface area contributed by atoms with Gasteiger partial charge in [0.1, 0.15) is 5.75 Å². The number of halogens is 1. The molecule has 1 aliphatic carbocycles. The number of rotatable bonds is 5. The molecule has 2 heterocycles. The molecule has 0 bridgehead atoms. The number of nitrogens with one attached hydrogen (secondary N) is 2. The minimum Gasteiger partial charge on any atom is -0.497 e. The summed E-state index contributed by atoms with van der Waals surface area (Å²) in [4.78, 5) is 18.6. The van der Waals surface area contributed by atoms with E-state index in [9.17, 15) is 4.79 Å². The number of ether oxygens (including phenoxy) is 1. The highest BCUT2D eigenvalue weighted by Gasteiger charge is 2.57. The molecule has 1 aromatic carbocycles. The van der Waals surface area contributed by atoms with Crippen LogP contribution in [0.4, 0.5) is 5.13 Å². The predicted molar refractivity (Wildman–Crippen MR) is 112 cm³/mol. The number of aryl methyl sites for hydroxylation is 1. The van der Waals surface area contributed by atoms with Gasteiger partial charge in [-0.1, -0.05) is 6.92 Å². The first-order valence-electron chi connectivity index (χ1n) is 9.31. The standard InChI is InChI=1S/C20H25N3O2S.ClH/c1-3-16-17(13-4-6-14(25-2)7-5-13)22-19(26-16)23-18(24)15-12-20(15)8-10-21-11-9-20;/h4-7,15,21H,3,8-12H2,1-2H3,(H,22,23,24);1H. The minimum absolute atomic E-state index is 0. The summed E-state index contributed by atoms with van der Waals surface area (Å²) in [6, 6.07) is 7.92. The van der Waals surface area contributed by atoms with Gasteiger partial charge in [0.15, 0.2) is 5.13 Å². The molecular weight excluding hydrogens is 382 g/mol. The van der Waals surface area contributed by atoms with Crippen LogP contribution in [0, 0.1) is 11.3 Å². The summed E-state index contributed by atoms with van der Waals surface area (Å²) in [6.45, 7) is 4.18. The second kappa shape index (κ2) is 8.17. The summed E-state index contributed by atoms with van der Waals surface area (Å²) in [5, 5.41) is 7.19. The Bertz CT molecular complexity index is 800. The number of carbonyl (C=O) groups is 1. The van der Waals surface area contributed by atoms with Gasteiger partial charge in [-0.15, -0.1) is 23.7 Å². The van der Waals surface area contributed by atoms with Gasteiger partial charge in [-0.2, -0.15) is 0 Å². The van der Waals surface area contributed by atoms with Crippen LogP contribution in [0.15, 0.2) is 24.3 Å². The normalized spacial score (nSPS) is 20.0. The lowest BCUT2D eigenvalue weighted by molar-refractivity contribution is -0.118. The van der Waals surface area contributed by atoms with E-state index in [0.29, 0.717) is 5.13 Å². The molecule has 1 atom stereocenters. The number of methoxy groups -OCH3 is 1. The molecule has 0 radical (unpaired) electrons. The zero-order valence-electron chi connectivity index (χ0n) is 15.7. The molecule has 146 valence electrons. The first-order chi connectivity index (χ1) is 12.6. The molecule has 2 aromatic rings. The summed E-state index contributed by atoms with van der Waals surface area (Å²) in [5.41, 5.74) is 2.27. The number of hydrogen-bond acceptors (Lipinski definition) is 5. The van der Waals surface area contributed by atoms with Gasteiger partial charge in [0.05, 0.1) is 12.8 Å². The van der Waals surface area contributed by atoms with E-state index in [1.807, 2.05) is 24.3 Å². The van der Waals surface area contributed by atoms with Crippen molar-refractivity contribution in [1.29, 1.82) is 0 Å². The van der Waals surface area contributed by atoms with Gasteiger partial charge in [-0.25, -0.2) is 4.98 Å². The van der Waals surface area contributed by atoms with Crippen LogP contribution in [0.1, 0.15) is 31.1 Å². The van der Waals surface area contributed by atoms with Crippen LogP contribution in [-0.4, -0.2) is 31.1 Å². The Morgan fingerprint density at radius 1 is 1.33 bits per heavy atom. The lowest BCUT2D eigenvalue weighted by Crippen LogP contribution is -2.31. The van der Waals surface area contributed by atoms with Crippen molar-refractivity contribution in [2.75, 3.05) is 25.5 Å². The summed E-state index contributed by atoms with van der Waals surface area (Å²) in [5.74, 6) is 1.13. The first kappa shape index (κ1) is 20.1. The Morgan fingerprint density at radius 3 is 2.67 bits per heavy atom. The molecule has 1 amide bonds. The second-order valence-electron chi connectivity index (χ2n) is 7.23. The van der Waals surface area contributed by atoms with E-state index in [1.54, 1.807) is 18.4 Å². The monoisotopic (exact) mass is 407 g/mol. The van der Waals surface area contributed by atoms with E-state index in [4.69, 9.17) is 9.72 Å². The van der Waals surface area contributed by atoms with Crippen LogP contribution in [0.25, 0.3) is 11.3 Å². The lowest BCUT2D eigenvalue weighted by Gasteiger charge is -2.22. The highest BCUT2D eigenvalue weighted by Crippen LogP contribution is 2.58. The number of nitrogens with zero attached hydrogens (tertiary/aromatic N) is 1. The van der Waals surface area contributed by atoms with Gasteiger partial charge in [0.2, 0.25) is 5.91 Å². The van der Waals surface area contributed by atoms with Crippen LogP contribution < -0.4 is 15.4 Å². The molecule has 1 saturated heterocycles. The number of aromatic nitrogens is 1. The Balaban J connectivity index is 0.00000210. The lowest BCUT2D eigenvalue weighted by atomic mass is 9.92. The molecule has 5 nitrogen and oxygen atoms in total. The Hall–Kier alpha value is -1.63. The van der Waals surface area contributed by atoms with Crippen molar-refractivity contribution in [3.63, 3.8) is 0 Å². The average Bonchev–Trinajstić information content (AvgIpc) is 3.21. The smallest absolute Gasteiger partial charge is 0.229 e. The van der Waals surface area contributed by atoms with Gasteiger partial charge < -0.3 is 15.4 Å². The number of benzene rings is 1. The third kappa shape index (κ3) is 3.98. The third-order valence-corrected chi connectivity index (χ3v) is 6.83. The fourth-order valence-corrected chi connectivity index (χ4v) is 4.93. The molecule has 1 aromatic heterocycles. The molecule has 2 N–H and O–H groups in total. The zero-order chi connectivity index (χ0) is 18.1. The Morgan fingerprint density at radius 2 is 2.04 bits per heavy atom. The molecule has 2 aliphatic rings. The van der Waals surface area contributed by atoms with E-state index in [2.05, 4.69) is 17.6 Å². The topological polar surface area (TPSA) is 63.2 Å². The van der Waals surface area contributed by atoms with Crippen LogP contribution >= 0.6 is 23.7 Å². The second-order valence-corrected chi connectivity index (χ2v) is 8.31. The maximum atomic E-state index is 12.7. The Kier molecular flexibility index (Phi) is 6.08. The van der Waals surface area contributed by atoms with E-state index in [-0.39, 0.29) is 29.6 Å². The predicted octanol–water partition coefficient (Wildman–Crippen LogP) is 4.13. The fourth-order valence-electron chi connectivity index (χ4n) is 4.01. The maximum absolute atomic E-state index is 12.7. The first-order valence-corrected chi connectivity index (χ1v) is 10.1. The van der Waals surface area contributed by atoms with Crippen molar-refractivity contribution in [2.45, 2.75) is 32.6 Å². The summed E-state index contributed by atoms with van der Waals surface area (Å²) in [7, 11) is 1.66. The number of piperidine rings is 1. The Labute approximate surface area is 170 Å². The van der Waals surface area contributed by atoms with E-state index < -0.39 is 0 Å². The molecule has 27 heavy (non-hydrogen) atoms. The van der Waals surface area contributed by atoms with Crippen molar-refractivity contribution in [3.05, 3.63) is 29.1 Å². The van der Waals surface area contributed by atoms with Crippen molar-refractivity contribution in [1.82, 2.24) is 10.3 Å². The van der Waals surface area contributed by atoms with Crippen LogP contribution in [0.5, 0.6) is 5.75 Å². The van der Waals surface area contributed by atoms with E-state index in [1.165, 1.54) is 4.88 Å². The number of amides is 1. The molecular formula is C20H26ClN3O2S. The quantitative estimate of drug-likeness (QED) is 0.782. The van der Waals surface area contributed by atoms with Gasteiger partial charge in [-0.05, 0) is 68.5 Å². The average molecular weight is 408 g/mol. The summed E-state index contributed by atoms with van der Waals surface area (Å²) in [6.07, 6.45) is 4.15. The number of thiazole rings is 1. The number of carbonyl (C=O) groups excluding carboxylic acids is 1. The SMILES string of the molecule is CCc1sc(NC(=O)C2CC23CCNCC3)nc1-c1ccc(OC)cc1.Cl. The largest absolute Gasteiger partial charge is 0.497 e. The molecule has 2 fully saturated rings. The minimum atomic E-state index is 0. The highest BCUT2D eigenvalue weighted by atomic mass is 35.5. The van der Waals surface area contributed by atoms with Crippen LogP contribution in [-0.2, 0) is 11.2 Å². The molecule has 7 heteroatoms. The maximum Gasteiger partial charge on any atom is 0.229 e. The van der Waals surface area contributed by atoms with E-state index in [0.717, 1.165) is 55.8 Å². The molecule has 1 spiro atoms. The molecule has 1 unspecified atom stereocenters. The van der Waals surface area contributed by atoms with Crippen molar-refractivity contribution >= 4 is 34.8 Å². The summed E-state index contributed by atoms with van der Waals surface area (Å²) < 4.78 is 5.23. The van der Waals surface area contributed by atoms with Crippen LogP contribution in [0.3, 0.4) is 0 Å². The van der Waals surface area contributed by atoms with Gasteiger partial charge in [-0.3, -0.25) is 4.79 Å². The molecule has 1 saturated carbocycles. The number of anilines is 1. The molecule has 4 rings (SSSR count). The highest BCUT2D eigenvalue weighted by molar-refractivity contribution is 7.16. The van der Waals surface area contributed by atoms with Crippen molar-refractivity contribution in [2.24, 2.45) is 11.3 Å². The van der Waals surface area contributed by atoms with E-state index >= 15 is 0 Å². The fraction of sp³-hybridized carbons (Fsp3) is 0.500. The van der Waals surface area contributed by atoms with Crippen LogP contribution in [0.2, 0.25) is 0 Å². The number of hydrogen-bond donors (Lipinski definition) is 2.